The van der Waals surface area contributed by atoms with Gasteiger partial charge in [0, 0.05) is 16.8 Å². The molecule has 0 unspecified atom stereocenters. The molecule has 2 aromatic carbocycles. The Morgan fingerprint density at radius 1 is 0.857 bits per heavy atom. The Morgan fingerprint density at radius 2 is 1.67 bits per heavy atom. The zero-order valence-corrected chi connectivity index (χ0v) is 12.0. The van der Waals surface area contributed by atoms with Crippen molar-refractivity contribution in [3.8, 4) is 11.1 Å². The quantitative estimate of drug-likeness (QED) is 0.716. The Morgan fingerprint density at radius 3 is 2.52 bits per heavy atom. The van der Waals surface area contributed by atoms with Gasteiger partial charge in [0.05, 0.1) is 5.52 Å². The van der Waals surface area contributed by atoms with Crippen LogP contribution in [0.2, 0.25) is 0 Å². The molecule has 21 heavy (non-hydrogen) atoms. The van der Waals surface area contributed by atoms with E-state index in [0.717, 1.165) is 29.4 Å². The molecule has 0 atom stereocenters. The lowest BCUT2D eigenvalue weighted by Crippen LogP contribution is -2.09. The molecule has 0 aliphatic heterocycles. The van der Waals surface area contributed by atoms with Gasteiger partial charge < -0.3 is 5.73 Å². The van der Waals surface area contributed by atoms with Crippen LogP contribution in [0.15, 0.2) is 48.5 Å². The topological polar surface area (TPSA) is 38.9 Å². The van der Waals surface area contributed by atoms with Crippen molar-refractivity contribution >= 4 is 16.6 Å². The number of nitrogens with two attached hydrogens (primary N) is 1. The first-order valence-corrected chi connectivity index (χ1v) is 7.59. The fourth-order valence-electron chi connectivity index (χ4n) is 3.27. The predicted octanol–water partition coefficient (Wildman–Crippen LogP) is 4.36. The summed E-state index contributed by atoms with van der Waals surface area (Å²) in [6.07, 6.45) is 4.59. The fraction of sp³-hybridized carbons (Fsp3) is 0.211. The predicted molar refractivity (Wildman–Crippen MR) is 88.2 cm³/mol. The first-order valence-electron chi connectivity index (χ1n) is 7.59. The van der Waals surface area contributed by atoms with Crippen LogP contribution in [0.1, 0.15) is 24.1 Å². The lowest BCUT2D eigenvalue weighted by molar-refractivity contribution is 0.673. The number of hydrogen-bond acceptors (Lipinski definition) is 2. The molecule has 2 heteroatoms. The summed E-state index contributed by atoms with van der Waals surface area (Å²) >= 11 is 0. The molecular weight excluding hydrogens is 256 g/mol. The van der Waals surface area contributed by atoms with Crippen LogP contribution in [0.25, 0.3) is 22.0 Å². The highest BCUT2D eigenvalue weighted by Gasteiger charge is 2.16. The second-order valence-electron chi connectivity index (χ2n) is 5.76. The molecule has 0 bridgehead atoms. The van der Waals surface area contributed by atoms with Gasteiger partial charge in [0.1, 0.15) is 0 Å². The van der Waals surface area contributed by atoms with Gasteiger partial charge in [0.2, 0.25) is 0 Å². The minimum Gasteiger partial charge on any atom is -0.398 e. The highest BCUT2D eigenvalue weighted by atomic mass is 14.7. The molecule has 0 saturated carbocycles. The van der Waals surface area contributed by atoms with E-state index >= 15 is 0 Å². The largest absolute Gasteiger partial charge is 0.398 e. The molecule has 1 heterocycles. The van der Waals surface area contributed by atoms with Gasteiger partial charge in [0.15, 0.2) is 0 Å². The first kappa shape index (κ1) is 12.4. The van der Waals surface area contributed by atoms with Crippen molar-refractivity contribution in [2.45, 2.75) is 25.7 Å². The standard InChI is InChI=1S/C19H18N2/c20-19-15-8-4-5-9-17(15)21-18-12-14(10-11-16(18)19)13-6-2-1-3-7-13/h1-3,6-7,10-12H,4-5,8-9H2,(H2,20,21). The van der Waals surface area contributed by atoms with Gasteiger partial charge >= 0.3 is 0 Å². The Labute approximate surface area is 124 Å². The molecule has 2 N–H and O–H groups in total. The summed E-state index contributed by atoms with van der Waals surface area (Å²) in [6.45, 7) is 0. The summed E-state index contributed by atoms with van der Waals surface area (Å²) in [4.78, 5) is 4.88. The van der Waals surface area contributed by atoms with E-state index in [4.69, 9.17) is 10.7 Å². The third-order valence-electron chi connectivity index (χ3n) is 4.41. The molecule has 3 aromatic rings. The highest BCUT2D eigenvalue weighted by Crippen LogP contribution is 2.33. The lowest BCUT2D eigenvalue weighted by atomic mass is 9.92. The van der Waals surface area contributed by atoms with Crippen LogP contribution in [-0.2, 0) is 12.8 Å². The zero-order chi connectivity index (χ0) is 14.2. The molecule has 0 radical (unpaired) electrons. The molecule has 1 aromatic heterocycles. The summed E-state index contributed by atoms with van der Waals surface area (Å²) in [5, 5.41) is 1.09. The fourth-order valence-corrected chi connectivity index (χ4v) is 3.27. The summed E-state index contributed by atoms with van der Waals surface area (Å²) in [5.41, 5.74) is 13.3. The molecule has 0 saturated heterocycles. The Bertz CT molecular complexity index is 807. The summed E-state index contributed by atoms with van der Waals surface area (Å²) in [6, 6.07) is 16.8. The van der Waals surface area contributed by atoms with Crippen LogP contribution >= 0.6 is 0 Å². The van der Waals surface area contributed by atoms with E-state index in [2.05, 4.69) is 42.5 Å². The van der Waals surface area contributed by atoms with Crippen molar-refractivity contribution in [2.75, 3.05) is 5.73 Å². The Balaban J connectivity index is 1.92. The average Bonchev–Trinajstić information content (AvgIpc) is 2.55. The van der Waals surface area contributed by atoms with E-state index in [1.54, 1.807) is 0 Å². The number of hydrogen-bond donors (Lipinski definition) is 1. The monoisotopic (exact) mass is 274 g/mol. The van der Waals surface area contributed by atoms with Crippen LogP contribution in [0.5, 0.6) is 0 Å². The zero-order valence-electron chi connectivity index (χ0n) is 12.0. The average molecular weight is 274 g/mol. The summed E-state index contributed by atoms with van der Waals surface area (Å²) in [7, 11) is 0. The number of fused-ring (bicyclic) bond motifs is 2. The van der Waals surface area contributed by atoms with Crippen molar-refractivity contribution in [2.24, 2.45) is 0 Å². The third-order valence-corrected chi connectivity index (χ3v) is 4.41. The van der Waals surface area contributed by atoms with Crippen molar-refractivity contribution in [1.82, 2.24) is 4.98 Å². The molecule has 0 fully saturated rings. The molecule has 1 aliphatic rings. The van der Waals surface area contributed by atoms with E-state index in [9.17, 15) is 0 Å². The maximum absolute atomic E-state index is 6.39. The van der Waals surface area contributed by atoms with E-state index in [-0.39, 0.29) is 0 Å². The van der Waals surface area contributed by atoms with Gasteiger partial charge in [-0.1, -0.05) is 42.5 Å². The lowest BCUT2D eigenvalue weighted by Gasteiger charge is -2.18. The van der Waals surface area contributed by atoms with Crippen LogP contribution < -0.4 is 5.73 Å². The number of anilines is 1. The number of aryl methyl sites for hydroxylation is 1. The van der Waals surface area contributed by atoms with Crippen molar-refractivity contribution in [3.05, 3.63) is 59.8 Å². The van der Waals surface area contributed by atoms with Crippen molar-refractivity contribution < 1.29 is 0 Å². The van der Waals surface area contributed by atoms with E-state index in [1.807, 2.05) is 6.07 Å². The van der Waals surface area contributed by atoms with Crippen LogP contribution in [0.3, 0.4) is 0 Å². The van der Waals surface area contributed by atoms with Gasteiger partial charge in [-0.05, 0) is 48.4 Å². The second-order valence-corrected chi connectivity index (χ2v) is 5.76. The molecular formula is C19H18N2. The minimum absolute atomic E-state index is 0.939. The molecule has 104 valence electrons. The number of nitrogen functional groups attached to an aromatic ring is 1. The van der Waals surface area contributed by atoms with Gasteiger partial charge in [0.25, 0.3) is 0 Å². The molecule has 2 nitrogen and oxygen atoms in total. The Hall–Kier alpha value is -2.35. The first-order chi connectivity index (χ1) is 10.3. The van der Waals surface area contributed by atoms with Crippen molar-refractivity contribution in [3.63, 3.8) is 0 Å². The smallest absolute Gasteiger partial charge is 0.0732 e. The van der Waals surface area contributed by atoms with Crippen LogP contribution in [-0.4, -0.2) is 4.98 Å². The van der Waals surface area contributed by atoms with Crippen LogP contribution in [0, 0.1) is 0 Å². The third kappa shape index (κ3) is 2.07. The maximum atomic E-state index is 6.39. The number of rotatable bonds is 1. The van der Waals surface area contributed by atoms with Gasteiger partial charge in [-0.3, -0.25) is 4.98 Å². The molecule has 0 spiro atoms. The maximum Gasteiger partial charge on any atom is 0.0732 e. The van der Waals surface area contributed by atoms with Crippen molar-refractivity contribution in [1.29, 1.82) is 0 Å². The Kier molecular flexibility index (Phi) is 2.88. The minimum atomic E-state index is 0.939. The number of pyridine rings is 1. The molecule has 1 aliphatic carbocycles. The van der Waals surface area contributed by atoms with Gasteiger partial charge in [-0.2, -0.15) is 0 Å². The summed E-state index contributed by atoms with van der Waals surface area (Å²) < 4.78 is 0. The number of nitrogens with zero attached hydrogens (tertiary/aromatic N) is 1. The SMILES string of the molecule is Nc1c2c(nc3cc(-c4ccccc4)ccc13)CCCC2. The summed E-state index contributed by atoms with van der Waals surface area (Å²) in [5.74, 6) is 0. The van der Waals surface area contributed by atoms with Gasteiger partial charge in [-0.15, -0.1) is 0 Å². The second kappa shape index (κ2) is 4.88. The normalized spacial score (nSPS) is 14.1. The van der Waals surface area contributed by atoms with Crippen LogP contribution in [0.4, 0.5) is 5.69 Å². The van der Waals surface area contributed by atoms with E-state index in [1.165, 1.54) is 35.2 Å². The number of benzene rings is 2. The molecule has 0 amide bonds. The van der Waals surface area contributed by atoms with E-state index in [0.29, 0.717) is 0 Å². The molecule has 4 rings (SSSR count). The number of aromatic nitrogens is 1. The van der Waals surface area contributed by atoms with E-state index < -0.39 is 0 Å². The highest BCUT2D eigenvalue weighted by molar-refractivity contribution is 5.94. The van der Waals surface area contributed by atoms with Gasteiger partial charge in [-0.25, -0.2) is 0 Å².